The van der Waals surface area contributed by atoms with Crippen LogP contribution >= 0.6 is 0 Å². The van der Waals surface area contributed by atoms with Gasteiger partial charge >= 0.3 is 0 Å². The molecule has 0 aliphatic carbocycles. The van der Waals surface area contributed by atoms with Gasteiger partial charge in [-0.25, -0.2) is 0 Å². The van der Waals surface area contributed by atoms with Gasteiger partial charge in [-0.2, -0.15) is 0 Å². The molecule has 0 aliphatic rings. The van der Waals surface area contributed by atoms with Crippen LogP contribution < -0.4 is 14.8 Å². The lowest BCUT2D eigenvalue weighted by Gasteiger charge is -2.12. The molecule has 0 unspecified atom stereocenters. The van der Waals surface area contributed by atoms with Crippen LogP contribution in [0.4, 0.5) is 0 Å². The summed E-state index contributed by atoms with van der Waals surface area (Å²) in [5.41, 5.74) is 1.13. The maximum Gasteiger partial charge on any atom is 0.161 e. The highest BCUT2D eigenvalue weighted by atomic mass is 16.5. The molecular formula is C14H19NO2. The van der Waals surface area contributed by atoms with Gasteiger partial charge in [0, 0.05) is 6.54 Å². The van der Waals surface area contributed by atoms with E-state index in [1.807, 2.05) is 32.0 Å². The Hall–Kier alpha value is -1.66. The van der Waals surface area contributed by atoms with Crippen molar-refractivity contribution in [3.63, 3.8) is 0 Å². The van der Waals surface area contributed by atoms with Crippen molar-refractivity contribution in [1.29, 1.82) is 0 Å². The lowest BCUT2D eigenvalue weighted by atomic mass is 10.2. The molecule has 1 aromatic carbocycles. The first kappa shape index (κ1) is 13.4. The summed E-state index contributed by atoms with van der Waals surface area (Å²) >= 11 is 0. The second-order valence-corrected chi connectivity index (χ2v) is 3.45. The molecule has 0 spiro atoms. The van der Waals surface area contributed by atoms with Crippen LogP contribution in [0.2, 0.25) is 0 Å². The van der Waals surface area contributed by atoms with Crippen molar-refractivity contribution in [3.8, 4) is 23.8 Å². The molecule has 0 heterocycles. The van der Waals surface area contributed by atoms with Crippen LogP contribution in [0.1, 0.15) is 19.4 Å². The Morgan fingerprint density at radius 2 is 1.88 bits per heavy atom. The summed E-state index contributed by atoms with van der Waals surface area (Å²) in [5.74, 6) is 4.12. The van der Waals surface area contributed by atoms with Crippen LogP contribution in [0.15, 0.2) is 18.2 Å². The number of ether oxygens (including phenoxy) is 2. The molecule has 0 radical (unpaired) electrons. The molecular weight excluding hydrogens is 214 g/mol. The fourth-order valence-corrected chi connectivity index (χ4v) is 1.48. The second kappa shape index (κ2) is 7.59. The van der Waals surface area contributed by atoms with Crippen LogP contribution in [-0.2, 0) is 6.54 Å². The Kier molecular flexibility index (Phi) is 5.98. The third-order valence-corrected chi connectivity index (χ3v) is 2.16. The Morgan fingerprint density at radius 3 is 2.53 bits per heavy atom. The van der Waals surface area contributed by atoms with Crippen molar-refractivity contribution < 1.29 is 9.47 Å². The van der Waals surface area contributed by atoms with Crippen molar-refractivity contribution in [2.45, 2.75) is 20.4 Å². The van der Waals surface area contributed by atoms with Crippen molar-refractivity contribution in [3.05, 3.63) is 23.8 Å². The van der Waals surface area contributed by atoms with E-state index in [-0.39, 0.29) is 0 Å². The number of nitrogens with one attached hydrogen (secondary N) is 1. The lowest BCUT2D eigenvalue weighted by Crippen LogP contribution is -2.13. The van der Waals surface area contributed by atoms with Gasteiger partial charge in [-0.1, -0.05) is 12.0 Å². The molecule has 1 N–H and O–H groups in total. The van der Waals surface area contributed by atoms with E-state index in [2.05, 4.69) is 11.2 Å². The third kappa shape index (κ3) is 4.38. The van der Waals surface area contributed by atoms with Gasteiger partial charge in [-0.05, 0) is 31.5 Å². The topological polar surface area (TPSA) is 30.5 Å². The summed E-state index contributed by atoms with van der Waals surface area (Å²) in [6.07, 6.45) is 5.18. The van der Waals surface area contributed by atoms with Gasteiger partial charge < -0.3 is 14.8 Å². The van der Waals surface area contributed by atoms with Crippen molar-refractivity contribution in [1.82, 2.24) is 5.32 Å². The zero-order chi connectivity index (χ0) is 12.5. The standard InChI is InChI=1S/C14H19NO2/c1-4-9-15-11-12-7-8-13(16-5-2)14(10-12)17-6-3/h1,7-8,10,15H,5-6,9,11H2,2-3H3. The molecule has 1 rings (SSSR count). The average Bonchev–Trinajstić information content (AvgIpc) is 2.33. The van der Waals surface area contributed by atoms with Crippen LogP contribution in [0.5, 0.6) is 11.5 Å². The highest BCUT2D eigenvalue weighted by Crippen LogP contribution is 2.28. The van der Waals surface area contributed by atoms with Crippen molar-refractivity contribution >= 4 is 0 Å². The largest absolute Gasteiger partial charge is 0.490 e. The summed E-state index contributed by atoms with van der Waals surface area (Å²) in [4.78, 5) is 0. The van der Waals surface area contributed by atoms with Gasteiger partial charge in [0.15, 0.2) is 11.5 Å². The number of terminal acetylenes is 1. The van der Waals surface area contributed by atoms with E-state index in [0.717, 1.165) is 23.6 Å². The Bertz CT molecular complexity index is 382. The molecule has 1 aromatic rings. The van der Waals surface area contributed by atoms with Crippen molar-refractivity contribution in [2.75, 3.05) is 19.8 Å². The molecule has 0 saturated carbocycles. The molecule has 3 nitrogen and oxygen atoms in total. The summed E-state index contributed by atoms with van der Waals surface area (Å²) in [5, 5.41) is 3.14. The third-order valence-electron chi connectivity index (χ3n) is 2.16. The van der Waals surface area contributed by atoms with E-state index in [1.165, 1.54) is 0 Å². The zero-order valence-electron chi connectivity index (χ0n) is 10.5. The minimum absolute atomic E-state index is 0.567. The van der Waals surface area contributed by atoms with E-state index in [4.69, 9.17) is 15.9 Å². The van der Waals surface area contributed by atoms with Gasteiger partial charge in [0.05, 0.1) is 19.8 Å². The second-order valence-electron chi connectivity index (χ2n) is 3.45. The minimum Gasteiger partial charge on any atom is -0.490 e. The summed E-state index contributed by atoms with van der Waals surface area (Å²) < 4.78 is 11.0. The van der Waals surface area contributed by atoms with Gasteiger partial charge in [0.25, 0.3) is 0 Å². The van der Waals surface area contributed by atoms with Crippen molar-refractivity contribution in [2.24, 2.45) is 0 Å². The maximum atomic E-state index is 5.54. The fraction of sp³-hybridized carbons (Fsp3) is 0.429. The molecule has 0 amide bonds. The van der Waals surface area contributed by atoms with E-state index >= 15 is 0 Å². The zero-order valence-corrected chi connectivity index (χ0v) is 10.5. The highest BCUT2D eigenvalue weighted by molar-refractivity contribution is 5.43. The first-order valence-corrected chi connectivity index (χ1v) is 5.84. The molecule has 0 bridgehead atoms. The minimum atomic E-state index is 0.567. The van der Waals surface area contributed by atoms with E-state index < -0.39 is 0 Å². The van der Waals surface area contributed by atoms with E-state index in [9.17, 15) is 0 Å². The number of benzene rings is 1. The smallest absolute Gasteiger partial charge is 0.161 e. The molecule has 0 aromatic heterocycles. The summed E-state index contributed by atoms with van der Waals surface area (Å²) in [7, 11) is 0. The molecule has 92 valence electrons. The first-order valence-electron chi connectivity index (χ1n) is 5.84. The molecule has 0 atom stereocenters. The molecule has 0 fully saturated rings. The number of hydrogen-bond acceptors (Lipinski definition) is 3. The van der Waals surface area contributed by atoms with Gasteiger partial charge in [0.2, 0.25) is 0 Å². The number of hydrogen-bond donors (Lipinski definition) is 1. The Morgan fingerprint density at radius 1 is 1.18 bits per heavy atom. The molecule has 0 aliphatic heterocycles. The Labute approximate surface area is 103 Å². The van der Waals surface area contributed by atoms with Crippen LogP contribution in [0.3, 0.4) is 0 Å². The fourth-order valence-electron chi connectivity index (χ4n) is 1.48. The van der Waals surface area contributed by atoms with Gasteiger partial charge in [-0.15, -0.1) is 6.42 Å². The molecule has 3 heteroatoms. The van der Waals surface area contributed by atoms with Crippen LogP contribution in [0.25, 0.3) is 0 Å². The molecule has 17 heavy (non-hydrogen) atoms. The van der Waals surface area contributed by atoms with Gasteiger partial charge in [-0.3, -0.25) is 0 Å². The predicted molar refractivity (Wildman–Crippen MR) is 69.3 cm³/mol. The summed E-state index contributed by atoms with van der Waals surface area (Å²) in [6.45, 7) is 6.47. The highest BCUT2D eigenvalue weighted by Gasteiger charge is 2.05. The first-order chi connectivity index (χ1) is 8.31. The van der Waals surface area contributed by atoms with Gasteiger partial charge in [0.1, 0.15) is 0 Å². The van der Waals surface area contributed by atoms with Crippen LogP contribution in [0, 0.1) is 12.3 Å². The number of rotatable bonds is 7. The normalized spacial score (nSPS) is 9.71. The molecule has 0 saturated heterocycles. The SMILES string of the molecule is C#CCNCc1ccc(OCC)c(OCC)c1. The van der Waals surface area contributed by atoms with Crippen LogP contribution in [-0.4, -0.2) is 19.8 Å². The maximum absolute atomic E-state index is 5.54. The summed E-state index contributed by atoms with van der Waals surface area (Å²) in [6, 6.07) is 5.93. The quantitative estimate of drug-likeness (QED) is 0.578. The monoisotopic (exact) mass is 233 g/mol. The average molecular weight is 233 g/mol. The lowest BCUT2D eigenvalue weighted by molar-refractivity contribution is 0.287. The predicted octanol–water partition coefficient (Wildman–Crippen LogP) is 2.21. The Balaban J connectivity index is 2.74. The van der Waals surface area contributed by atoms with E-state index in [1.54, 1.807) is 0 Å². The van der Waals surface area contributed by atoms with E-state index in [0.29, 0.717) is 19.8 Å².